The van der Waals surface area contributed by atoms with Crippen LogP contribution in [-0.2, 0) is 16.1 Å². The summed E-state index contributed by atoms with van der Waals surface area (Å²) in [6.45, 7) is 1.92. The van der Waals surface area contributed by atoms with Gasteiger partial charge in [0, 0.05) is 21.4 Å². The van der Waals surface area contributed by atoms with Crippen LogP contribution in [0.15, 0.2) is 77.2 Å². The minimum absolute atomic E-state index is 0.0678. The second-order valence-electron chi connectivity index (χ2n) is 6.38. The highest BCUT2D eigenvalue weighted by Gasteiger charge is 2.10. The number of hydrogen-bond donors (Lipinski definition) is 0. The molecule has 29 heavy (non-hydrogen) atoms. The summed E-state index contributed by atoms with van der Waals surface area (Å²) in [6, 6.07) is 21.9. The number of carbonyl (C=O) groups is 1. The van der Waals surface area contributed by atoms with Gasteiger partial charge >= 0.3 is 5.97 Å². The van der Waals surface area contributed by atoms with E-state index in [4.69, 9.17) is 9.15 Å². The number of benzene rings is 2. The van der Waals surface area contributed by atoms with E-state index >= 15 is 0 Å². The van der Waals surface area contributed by atoms with Gasteiger partial charge in [0.25, 0.3) is 5.89 Å². The van der Waals surface area contributed by atoms with Crippen LogP contribution in [0.25, 0.3) is 28.0 Å². The van der Waals surface area contributed by atoms with E-state index in [-0.39, 0.29) is 12.5 Å². The highest BCUT2D eigenvalue weighted by atomic mass is 32.1. The van der Waals surface area contributed by atoms with Crippen LogP contribution < -0.4 is 0 Å². The minimum atomic E-state index is -0.463. The molecule has 0 aliphatic rings. The maximum atomic E-state index is 12.0. The van der Waals surface area contributed by atoms with Crippen LogP contribution in [0, 0.1) is 6.92 Å². The second kappa shape index (κ2) is 8.67. The van der Waals surface area contributed by atoms with Gasteiger partial charge in [-0.1, -0.05) is 48.0 Å². The fraction of sp³-hybridized carbons (Fsp3) is 0.0870. The minimum Gasteiger partial charge on any atom is -0.452 e. The molecule has 0 saturated heterocycles. The molecule has 2 heterocycles. The molecule has 0 spiro atoms. The predicted octanol–water partition coefficient (Wildman–Crippen LogP) is 5.53. The van der Waals surface area contributed by atoms with Gasteiger partial charge in [-0.2, -0.15) is 0 Å². The molecule has 2 aromatic carbocycles. The fourth-order valence-corrected chi connectivity index (χ4v) is 3.65. The smallest absolute Gasteiger partial charge is 0.331 e. The number of carbonyl (C=O) groups excluding carboxylic acids is 1. The Balaban J connectivity index is 1.33. The van der Waals surface area contributed by atoms with Crippen LogP contribution in [0.5, 0.6) is 0 Å². The zero-order valence-electron chi connectivity index (χ0n) is 15.7. The number of rotatable bonds is 6. The first kappa shape index (κ1) is 18.8. The topological polar surface area (TPSA) is 65.2 Å². The van der Waals surface area contributed by atoms with Crippen molar-refractivity contribution in [3.05, 3.63) is 89.1 Å². The van der Waals surface area contributed by atoms with Crippen LogP contribution in [0.1, 0.15) is 16.3 Å². The quantitative estimate of drug-likeness (QED) is 0.313. The van der Waals surface area contributed by atoms with E-state index in [1.165, 1.54) is 6.08 Å². The maximum Gasteiger partial charge on any atom is 0.331 e. The van der Waals surface area contributed by atoms with E-state index in [9.17, 15) is 4.79 Å². The molecule has 4 rings (SSSR count). The van der Waals surface area contributed by atoms with E-state index in [0.29, 0.717) is 5.89 Å². The Kier molecular flexibility index (Phi) is 5.63. The van der Waals surface area contributed by atoms with Gasteiger partial charge in [-0.3, -0.25) is 0 Å². The number of aryl methyl sites for hydroxylation is 1. The molecule has 144 valence electrons. The Labute approximate surface area is 172 Å². The summed E-state index contributed by atoms with van der Waals surface area (Å²) >= 11 is 1.61. The number of ether oxygens (including phenoxy) is 1. The van der Waals surface area contributed by atoms with Crippen LogP contribution >= 0.6 is 11.3 Å². The van der Waals surface area contributed by atoms with Gasteiger partial charge in [0.1, 0.15) is 0 Å². The highest BCUT2D eigenvalue weighted by molar-refractivity contribution is 7.16. The van der Waals surface area contributed by atoms with Gasteiger partial charge in [0.15, 0.2) is 6.61 Å². The summed E-state index contributed by atoms with van der Waals surface area (Å²) in [6.07, 6.45) is 3.14. The summed E-state index contributed by atoms with van der Waals surface area (Å²) in [5.74, 6) is 0.197. The van der Waals surface area contributed by atoms with Gasteiger partial charge in [-0.25, -0.2) is 4.79 Å². The zero-order valence-corrected chi connectivity index (χ0v) is 16.6. The third kappa shape index (κ3) is 4.86. The summed E-state index contributed by atoms with van der Waals surface area (Å²) in [5, 5.41) is 7.94. The molecule has 0 aliphatic heterocycles. The summed E-state index contributed by atoms with van der Waals surface area (Å²) in [5.41, 5.74) is 3.09. The van der Waals surface area contributed by atoms with Crippen molar-refractivity contribution in [2.24, 2.45) is 0 Å². The van der Waals surface area contributed by atoms with Crippen LogP contribution in [-0.4, -0.2) is 16.2 Å². The standard InChI is InChI=1S/C23H18N2O3S/c1-16-6-5-9-18(14-16)23-25-24-21(28-23)15-27-22(26)13-11-19-10-12-20(29-19)17-7-3-2-4-8-17/h2-14H,15H2,1H3/b13-11+. The molecule has 0 bridgehead atoms. The Morgan fingerprint density at radius 1 is 1.03 bits per heavy atom. The molecule has 2 aromatic heterocycles. The van der Waals surface area contributed by atoms with Gasteiger partial charge in [-0.05, 0) is 42.8 Å². The SMILES string of the molecule is Cc1cccc(-c2nnc(COC(=O)/C=C/c3ccc(-c4ccccc4)s3)o2)c1. The first-order valence-electron chi connectivity index (χ1n) is 9.07. The lowest BCUT2D eigenvalue weighted by atomic mass is 10.1. The van der Waals surface area contributed by atoms with E-state index < -0.39 is 5.97 Å². The van der Waals surface area contributed by atoms with Crippen molar-refractivity contribution in [3.8, 4) is 21.9 Å². The highest BCUT2D eigenvalue weighted by Crippen LogP contribution is 2.28. The molecule has 0 amide bonds. The maximum absolute atomic E-state index is 12.0. The van der Waals surface area contributed by atoms with Crippen molar-refractivity contribution in [1.82, 2.24) is 10.2 Å². The van der Waals surface area contributed by atoms with E-state index in [0.717, 1.165) is 26.4 Å². The van der Waals surface area contributed by atoms with Crippen molar-refractivity contribution in [1.29, 1.82) is 0 Å². The Morgan fingerprint density at radius 2 is 1.86 bits per heavy atom. The van der Waals surface area contributed by atoms with Crippen molar-refractivity contribution in [2.45, 2.75) is 13.5 Å². The summed E-state index contributed by atoms with van der Waals surface area (Å²) in [4.78, 5) is 14.1. The molecular weight excluding hydrogens is 384 g/mol. The molecule has 6 heteroatoms. The molecule has 0 N–H and O–H groups in total. The fourth-order valence-electron chi connectivity index (χ4n) is 2.74. The number of nitrogens with zero attached hydrogens (tertiary/aromatic N) is 2. The number of thiophene rings is 1. The summed E-state index contributed by atoms with van der Waals surface area (Å²) < 4.78 is 10.8. The van der Waals surface area contributed by atoms with Gasteiger partial charge < -0.3 is 9.15 Å². The number of hydrogen-bond acceptors (Lipinski definition) is 6. The second-order valence-corrected chi connectivity index (χ2v) is 7.49. The first-order chi connectivity index (χ1) is 14.2. The zero-order chi connectivity index (χ0) is 20.1. The largest absolute Gasteiger partial charge is 0.452 e. The molecule has 0 radical (unpaired) electrons. The van der Waals surface area contributed by atoms with E-state index in [1.54, 1.807) is 17.4 Å². The normalized spacial score (nSPS) is 11.1. The lowest BCUT2D eigenvalue weighted by Crippen LogP contribution is -2.00. The van der Waals surface area contributed by atoms with E-state index in [1.807, 2.05) is 61.5 Å². The van der Waals surface area contributed by atoms with Crippen molar-refractivity contribution < 1.29 is 13.9 Å². The molecule has 0 aliphatic carbocycles. The van der Waals surface area contributed by atoms with Crippen LogP contribution in [0.2, 0.25) is 0 Å². The Hall–Kier alpha value is -3.51. The average Bonchev–Trinajstić information content (AvgIpc) is 3.41. The third-order valence-electron chi connectivity index (χ3n) is 4.14. The van der Waals surface area contributed by atoms with Gasteiger partial charge in [0.05, 0.1) is 0 Å². The van der Waals surface area contributed by atoms with Gasteiger partial charge in [-0.15, -0.1) is 21.5 Å². The molecule has 4 aromatic rings. The Morgan fingerprint density at radius 3 is 2.69 bits per heavy atom. The Bertz CT molecular complexity index is 1150. The molecular formula is C23H18N2O3S. The summed E-state index contributed by atoms with van der Waals surface area (Å²) in [7, 11) is 0. The third-order valence-corrected chi connectivity index (χ3v) is 5.24. The number of esters is 1. The van der Waals surface area contributed by atoms with Crippen LogP contribution in [0.4, 0.5) is 0 Å². The van der Waals surface area contributed by atoms with Crippen molar-refractivity contribution in [3.63, 3.8) is 0 Å². The lowest BCUT2D eigenvalue weighted by Gasteiger charge is -1.98. The molecule has 0 unspecified atom stereocenters. The molecule has 0 fully saturated rings. The van der Waals surface area contributed by atoms with Crippen LogP contribution in [0.3, 0.4) is 0 Å². The monoisotopic (exact) mass is 402 g/mol. The molecule has 0 atom stereocenters. The van der Waals surface area contributed by atoms with Gasteiger partial charge in [0.2, 0.25) is 5.89 Å². The van der Waals surface area contributed by atoms with Crippen molar-refractivity contribution in [2.75, 3.05) is 0 Å². The average molecular weight is 402 g/mol. The lowest BCUT2D eigenvalue weighted by molar-refractivity contribution is -0.139. The van der Waals surface area contributed by atoms with E-state index in [2.05, 4.69) is 22.3 Å². The predicted molar refractivity (Wildman–Crippen MR) is 113 cm³/mol. The number of aromatic nitrogens is 2. The first-order valence-corrected chi connectivity index (χ1v) is 9.88. The van der Waals surface area contributed by atoms with Crippen molar-refractivity contribution >= 4 is 23.4 Å². The molecule has 0 saturated carbocycles. The molecule has 5 nitrogen and oxygen atoms in total.